The monoisotopic (exact) mass is 442 g/mol. The third kappa shape index (κ3) is 4.26. The van der Waals surface area contributed by atoms with Gasteiger partial charge in [-0.2, -0.15) is 0 Å². The quantitative estimate of drug-likeness (QED) is 0.433. The van der Waals surface area contributed by atoms with Gasteiger partial charge < -0.3 is 5.32 Å². The summed E-state index contributed by atoms with van der Waals surface area (Å²) in [5, 5.41) is 2.95. The fourth-order valence-electron chi connectivity index (χ4n) is 3.47. The van der Waals surface area contributed by atoms with Crippen LogP contribution in [0.1, 0.15) is 10.4 Å². The molecule has 5 nitrogen and oxygen atoms in total. The van der Waals surface area contributed by atoms with Gasteiger partial charge in [0.1, 0.15) is 0 Å². The van der Waals surface area contributed by atoms with E-state index < -0.39 is 10.0 Å². The standard InChI is InChI=1S/C26H22N2O3S/c1-28(32(30,31)21-14-6-3-7-15-21)25-19-11-9-17-23(25)26(29)27-24-18-10-8-16-22(24)20-12-4-2-5-13-20/h2-19H,1H3,(H,27,29). The number of hydrogen-bond acceptors (Lipinski definition) is 3. The van der Waals surface area contributed by atoms with E-state index in [4.69, 9.17) is 0 Å². The van der Waals surface area contributed by atoms with Crippen LogP contribution in [0.2, 0.25) is 0 Å². The number of anilines is 2. The van der Waals surface area contributed by atoms with E-state index in [-0.39, 0.29) is 16.4 Å². The molecule has 0 bridgehead atoms. The highest BCUT2D eigenvalue weighted by Gasteiger charge is 2.25. The lowest BCUT2D eigenvalue weighted by Crippen LogP contribution is -2.29. The molecule has 0 unspecified atom stereocenters. The number of sulfonamides is 1. The minimum absolute atomic E-state index is 0.159. The molecule has 0 radical (unpaired) electrons. The zero-order chi connectivity index (χ0) is 22.6. The Morgan fingerprint density at radius 3 is 2.00 bits per heavy atom. The Hall–Kier alpha value is -3.90. The summed E-state index contributed by atoms with van der Waals surface area (Å²) < 4.78 is 27.3. The molecular formula is C26H22N2O3S. The number of hydrogen-bond donors (Lipinski definition) is 1. The average Bonchev–Trinajstić information content (AvgIpc) is 2.85. The Kier molecular flexibility index (Phi) is 6.05. The first-order valence-electron chi connectivity index (χ1n) is 10.1. The van der Waals surface area contributed by atoms with Gasteiger partial charge in [-0.15, -0.1) is 0 Å². The highest BCUT2D eigenvalue weighted by atomic mass is 32.2. The van der Waals surface area contributed by atoms with E-state index >= 15 is 0 Å². The maximum Gasteiger partial charge on any atom is 0.264 e. The van der Waals surface area contributed by atoms with E-state index in [2.05, 4.69) is 5.32 Å². The summed E-state index contributed by atoms with van der Waals surface area (Å²) in [5.41, 5.74) is 3.06. The molecule has 0 atom stereocenters. The summed E-state index contributed by atoms with van der Waals surface area (Å²) in [6.07, 6.45) is 0. The van der Waals surface area contributed by atoms with Gasteiger partial charge in [-0.05, 0) is 35.9 Å². The van der Waals surface area contributed by atoms with Crippen molar-refractivity contribution in [3.63, 3.8) is 0 Å². The van der Waals surface area contributed by atoms with Crippen LogP contribution in [-0.4, -0.2) is 21.4 Å². The Morgan fingerprint density at radius 1 is 0.719 bits per heavy atom. The first-order chi connectivity index (χ1) is 15.5. The molecule has 1 N–H and O–H groups in total. The lowest BCUT2D eigenvalue weighted by Gasteiger charge is -2.22. The van der Waals surface area contributed by atoms with E-state index in [9.17, 15) is 13.2 Å². The lowest BCUT2D eigenvalue weighted by molar-refractivity contribution is 0.102. The molecule has 0 aliphatic carbocycles. The highest BCUT2D eigenvalue weighted by Crippen LogP contribution is 2.30. The second-order valence-corrected chi connectivity index (χ2v) is 9.14. The third-order valence-corrected chi connectivity index (χ3v) is 6.94. The largest absolute Gasteiger partial charge is 0.321 e. The smallest absolute Gasteiger partial charge is 0.264 e. The van der Waals surface area contributed by atoms with Gasteiger partial charge in [-0.1, -0.05) is 78.9 Å². The number of nitrogens with one attached hydrogen (secondary N) is 1. The van der Waals surface area contributed by atoms with Crippen LogP contribution in [0.5, 0.6) is 0 Å². The second kappa shape index (κ2) is 9.08. The van der Waals surface area contributed by atoms with Crippen molar-refractivity contribution >= 4 is 27.3 Å². The van der Waals surface area contributed by atoms with Crippen molar-refractivity contribution in [2.24, 2.45) is 0 Å². The topological polar surface area (TPSA) is 66.5 Å². The van der Waals surface area contributed by atoms with Gasteiger partial charge in [0.25, 0.3) is 15.9 Å². The van der Waals surface area contributed by atoms with E-state index in [0.29, 0.717) is 11.4 Å². The van der Waals surface area contributed by atoms with Crippen molar-refractivity contribution in [1.29, 1.82) is 0 Å². The van der Waals surface area contributed by atoms with Crippen LogP contribution in [-0.2, 0) is 10.0 Å². The number of para-hydroxylation sites is 2. The SMILES string of the molecule is CN(c1ccccc1C(=O)Nc1ccccc1-c1ccccc1)S(=O)(=O)c1ccccc1. The Labute approximate surface area is 188 Å². The van der Waals surface area contributed by atoms with Gasteiger partial charge in [-0.3, -0.25) is 9.10 Å². The van der Waals surface area contributed by atoms with Crippen molar-refractivity contribution in [3.8, 4) is 11.1 Å². The number of benzene rings is 4. The number of carbonyl (C=O) groups excluding carboxylic acids is 1. The summed E-state index contributed by atoms with van der Waals surface area (Å²) in [4.78, 5) is 13.4. The van der Waals surface area contributed by atoms with Crippen molar-refractivity contribution in [2.75, 3.05) is 16.7 Å². The minimum Gasteiger partial charge on any atom is -0.321 e. The Bertz CT molecular complexity index is 1340. The van der Waals surface area contributed by atoms with Crippen LogP contribution in [0, 0.1) is 0 Å². The van der Waals surface area contributed by atoms with Crippen LogP contribution in [0.25, 0.3) is 11.1 Å². The molecule has 4 rings (SSSR count). The molecule has 1 amide bonds. The van der Waals surface area contributed by atoms with Gasteiger partial charge in [0.2, 0.25) is 0 Å². The minimum atomic E-state index is -3.82. The summed E-state index contributed by atoms with van der Waals surface area (Å²) in [6.45, 7) is 0. The van der Waals surface area contributed by atoms with E-state index in [0.717, 1.165) is 15.4 Å². The van der Waals surface area contributed by atoms with Crippen LogP contribution in [0.3, 0.4) is 0 Å². The van der Waals surface area contributed by atoms with Gasteiger partial charge in [0.15, 0.2) is 0 Å². The molecule has 0 saturated carbocycles. The van der Waals surface area contributed by atoms with Crippen LogP contribution < -0.4 is 9.62 Å². The summed E-state index contributed by atoms with van der Waals surface area (Å²) in [7, 11) is -2.37. The van der Waals surface area contributed by atoms with Crippen LogP contribution >= 0.6 is 0 Å². The highest BCUT2D eigenvalue weighted by molar-refractivity contribution is 7.92. The van der Waals surface area contributed by atoms with Crippen LogP contribution in [0.4, 0.5) is 11.4 Å². The van der Waals surface area contributed by atoms with Crippen molar-refractivity contribution in [1.82, 2.24) is 0 Å². The number of rotatable bonds is 6. The Balaban J connectivity index is 1.68. The zero-order valence-corrected chi connectivity index (χ0v) is 18.3. The fourth-order valence-corrected chi connectivity index (χ4v) is 4.71. The van der Waals surface area contributed by atoms with Gasteiger partial charge in [0.05, 0.1) is 16.1 Å². The van der Waals surface area contributed by atoms with Gasteiger partial charge >= 0.3 is 0 Å². The van der Waals surface area contributed by atoms with E-state index in [1.54, 1.807) is 42.5 Å². The normalized spacial score (nSPS) is 11.0. The summed E-state index contributed by atoms with van der Waals surface area (Å²) in [5.74, 6) is -0.390. The molecule has 0 spiro atoms. The lowest BCUT2D eigenvalue weighted by atomic mass is 10.0. The molecule has 0 heterocycles. The maximum atomic E-state index is 13.3. The van der Waals surface area contributed by atoms with Crippen molar-refractivity contribution < 1.29 is 13.2 Å². The second-order valence-electron chi connectivity index (χ2n) is 7.17. The van der Waals surface area contributed by atoms with Gasteiger partial charge in [-0.25, -0.2) is 8.42 Å². The Morgan fingerprint density at radius 2 is 1.28 bits per heavy atom. The molecular weight excluding hydrogens is 420 g/mol. The average molecular weight is 443 g/mol. The van der Waals surface area contributed by atoms with Crippen molar-refractivity contribution in [3.05, 3.63) is 115 Å². The van der Waals surface area contributed by atoms with Crippen LogP contribution in [0.15, 0.2) is 114 Å². The summed E-state index contributed by atoms with van der Waals surface area (Å²) in [6, 6.07) is 32.1. The van der Waals surface area contributed by atoms with Crippen molar-refractivity contribution in [2.45, 2.75) is 4.90 Å². The molecule has 0 aliphatic rings. The molecule has 0 aromatic heterocycles. The first-order valence-corrected chi connectivity index (χ1v) is 11.5. The van der Waals surface area contributed by atoms with E-state index in [1.807, 2.05) is 54.6 Å². The predicted molar refractivity (Wildman–Crippen MR) is 128 cm³/mol. The van der Waals surface area contributed by atoms with Gasteiger partial charge in [0, 0.05) is 18.3 Å². The third-order valence-electron chi connectivity index (χ3n) is 5.15. The molecule has 6 heteroatoms. The first kappa shape index (κ1) is 21.3. The fraction of sp³-hybridized carbons (Fsp3) is 0.0385. The molecule has 160 valence electrons. The molecule has 0 aliphatic heterocycles. The molecule has 4 aromatic rings. The predicted octanol–water partition coefficient (Wildman–Crippen LogP) is 5.43. The maximum absolute atomic E-state index is 13.3. The number of amides is 1. The molecule has 0 saturated heterocycles. The zero-order valence-electron chi connectivity index (χ0n) is 17.5. The number of carbonyl (C=O) groups is 1. The summed E-state index contributed by atoms with van der Waals surface area (Å²) >= 11 is 0. The molecule has 0 fully saturated rings. The number of nitrogens with zero attached hydrogens (tertiary/aromatic N) is 1. The van der Waals surface area contributed by atoms with E-state index in [1.165, 1.54) is 19.2 Å². The molecule has 32 heavy (non-hydrogen) atoms. The molecule has 4 aromatic carbocycles.